The van der Waals surface area contributed by atoms with Crippen LogP contribution in [0.4, 0.5) is 0 Å². The first-order chi connectivity index (χ1) is 12.3. The summed E-state index contributed by atoms with van der Waals surface area (Å²) in [6, 6.07) is 19.5. The third kappa shape index (κ3) is 3.33. The van der Waals surface area contributed by atoms with Gasteiger partial charge in [-0.15, -0.1) is 0 Å². The molecule has 0 aliphatic carbocycles. The lowest BCUT2D eigenvalue weighted by Gasteiger charge is -2.22. The van der Waals surface area contributed by atoms with Crippen molar-refractivity contribution in [3.05, 3.63) is 89.6 Å². The van der Waals surface area contributed by atoms with Gasteiger partial charge in [-0.2, -0.15) is 0 Å². The van der Waals surface area contributed by atoms with Crippen LogP contribution in [0.2, 0.25) is 0 Å². The van der Waals surface area contributed by atoms with E-state index >= 15 is 0 Å². The minimum absolute atomic E-state index is 0.0471. The number of rotatable bonds is 4. The zero-order chi connectivity index (χ0) is 17.1. The molecule has 1 aromatic heterocycles. The van der Waals surface area contributed by atoms with Gasteiger partial charge in [0.2, 0.25) is 5.89 Å². The lowest BCUT2D eigenvalue weighted by atomic mass is 10.1. The Morgan fingerprint density at radius 3 is 2.56 bits per heavy atom. The van der Waals surface area contributed by atoms with E-state index in [0.717, 1.165) is 25.1 Å². The van der Waals surface area contributed by atoms with Crippen LogP contribution in [0, 0.1) is 0 Å². The molecule has 4 heteroatoms. The topological polar surface area (TPSA) is 46.3 Å². The molecule has 0 spiro atoms. The Labute approximate surface area is 147 Å². The molecule has 2 aromatic carbocycles. The first kappa shape index (κ1) is 15.6. The fourth-order valence-electron chi connectivity index (χ4n) is 3.37. The van der Waals surface area contributed by atoms with E-state index in [-0.39, 0.29) is 11.9 Å². The minimum Gasteiger partial charge on any atom is -0.443 e. The molecule has 1 saturated heterocycles. The van der Waals surface area contributed by atoms with Gasteiger partial charge >= 0.3 is 0 Å². The molecule has 0 N–H and O–H groups in total. The summed E-state index contributed by atoms with van der Waals surface area (Å²) in [7, 11) is 0. The van der Waals surface area contributed by atoms with Crippen molar-refractivity contribution in [2.24, 2.45) is 0 Å². The molecule has 25 heavy (non-hydrogen) atoms. The van der Waals surface area contributed by atoms with Crippen molar-refractivity contribution in [1.82, 2.24) is 9.88 Å². The molecule has 4 rings (SSSR count). The van der Waals surface area contributed by atoms with Crippen molar-refractivity contribution in [3.63, 3.8) is 0 Å². The van der Waals surface area contributed by atoms with Gasteiger partial charge in [0.05, 0.1) is 6.20 Å². The van der Waals surface area contributed by atoms with Gasteiger partial charge in [0.1, 0.15) is 11.8 Å². The SMILES string of the molecule is O=C(c1ccccc1)N1CCCC1c1ncc(Cc2ccccc2)o1. The molecule has 126 valence electrons. The predicted octanol–water partition coefficient (Wildman–Crippen LogP) is 4.24. The van der Waals surface area contributed by atoms with Crippen LogP contribution in [0.15, 0.2) is 71.3 Å². The average Bonchev–Trinajstić information content (AvgIpc) is 3.32. The highest BCUT2D eigenvalue weighted by Gasteiger charge is 2.33. The molecule has 3 aromatic rings. The van der Waals surface area contributed by atoms with Crippen LogP contribution >= 0.6 is 0 Å². The zero-order valence-corrected chi connectivity index (χ0v) is 14.0. The van der Waals surface area contributed by atoms with Crippen LogP contribution in [-0.2, 0) is 6.42 Å². The number of oxazole rings is 1. The van der Waals surface area contributed by atoms with Gasteiger partial charge in [0.15, 0.2) is 0 Å². The standard InChI is InChI=1S/C21H20N2O2/c24-21(17-10-5-2-6-11-17)23-13-7-12-19(23)20-22-15-18(25-20)14-16-8-3-1-4-9-16/h1-6,8-11,15,19H,7,12-14H2. The largest absolute Gasteiger partial charge is 0.443 e. The van der Waals surface area contributed by atoms with E-state index in [1.165, 1.54) is 5.56 Å². The molecule has 1 aliphatic rings. The number of aromatic nitrogens is 1. The second kappa shape index (κ2) is 6.93. The summed E-state index contributed by atoms with van der Waals surface area (Å²) in [5.41, 5.74) is 1.90. The van der Waals surface area contributed by atoms with E-state index in [0.29, 0.717) is 17.9 Å². The minimum atomic E-state index is -0.0720. The summed E-state index contributed by atoms with van der Waals surface area (Å²) < 4.78 is 5.98. The van der Waals surface area contributed by atoms with E-state index < -0.39 is 0 Å². The number of carbonyl (C=O) groups excluding carboxylic acids is 1. The molecular formula is C21H20N2O2. The summed E-state index contributed by atoms with van der Waals surface area (Å²) >= 11 is 0. The monoisotopic (exact) mass is 332 g/mol. The van der Waals surface area contributed by atoms with Crippen molar-refractivity contribution in [2.45, 2.75) is 25.3 Å². The van der Waals surface area contributed by atoms with Crippen LogP contribution < -0.4 is 0 Å². The molecule has 1 unspecified atom stereocenters. The molecular weight excluding hydrogens is 312 g/mol. The highest BCUT2D eigenvalue weighted by Crippen LogP contribution is 2.33. The Kier molecular flexibility index (Phi) is 4.34. The van der Waals surface area contributed by atoms with Crippen molar-refractivity contribution in [3.8, 4) is 0 Å². The Morgan fingerprint density at radius 1 is 1.08 bits per heavy atom. The highest BCUT2D eigenvalue weighted by atomic mass is 16.4. The molecule has 0 radical (unpaired) electrons. The first-order valence-corrected chi connectivity index (χ1v) is 8.66. The van der Waals surface area contributed by atoms with Crippen LogP contribution in [0.5, 0.6) is 0 Å². The Bertz CT molecular complexity index is 843. The second-order valence-electron chi connectivity index (χ2n) is 6.35. The number of likely N-dealkylation sites (tertiary alicyclic amines) is 1. The fraction of sp³-hybridized carbons (Fsp3) is 0.238. The van der Waals surface area contributed by atoms with Gasteiger partial charge in [-0.25, -0.2) is 4.98 Å². The molecule has 1 aliphatic heterocycles. The Balaban J connectivity index is 1.52. The maximum absolute atomic E-state index is 12.8. The lowest BCUT2D eigenvalue weighted by Crippen LogP contribution is -2.30. The summed E-state index contributed by atoms with van der Waals surface area (Å²) in [4.78, 5) is 19.1. The van der Waals surface area contributed by atoms with Gasteiger partial charge in [0, 0.05) is 18.5 Å². The van der Waals surface area contributed by atoms with Crippen LogP contribution in [0.25, 0.3) is 0 Å². The number of hydrogen-bond donors (Lipinski definition) is 0. The van der Waals surface area contributed by atoms with E-state index in [1.54, 1.807) is 6.20 Å². The second-order valence-corrected chi connectivity index (χ2v) is 6.35. The maximum Gasteiger partial charge on any atom is 0.254 e. The van der Waals surface area contributed by atoms with Gasteiger partial charge in [-0.1, -0.05) is 48.5 Å². The van der Waals surface area contributed by atoms with E-state index in [9.17, 15) is 4.79 Å². The average molecular weight is 332 g/mol. The van der Waals surface area contributed by atoms with Gasteiger partial charge in [-0.05, 0) is 30.5 Å². The predicted molar refractivity (Wildman–Crippen MR) is 95.2 cm³/mol. The number of nitrogens with zero attached hydrogens (tertiary/aromatic N) is 2. The molecule has 1 fully saturated rings. The highest BCUT2D eigenvalue weighted by molar-refractivity contribution is 5.94. The van der Waals surface area contributed by atoms with Crippen LogP contribution in [-0.4, -0.2) is 22.3 Å². The van der Waals surface area contributed by atoms with Gasteiger partial charge in [-0.3, -0.25) is 4.79 Å². The summed E-state index contributed by atoms with van der Waals surface area (Å²) in [6.45, 7) is 0.745. The van der Waals surface area contributed by atoms with Crippen molar-refractivity contribution in [1.29, 1.82) is 0 Å². The van der Waals surface area contributed by atoms with Crippen LogP contribution in [0.1, 0.15) is 46.5 Å². The molecule has 2 heterocycles. The molecule has 1 amide bonds. The molecule has 4 nitrogen and oxygen atoms in total. The van der Waals surface area contributed by atoms with Gasteiger partial charge in [0.25, 0.3) is 5.91 Å². The number of carbonyl (C=O) groups is 1. The summed E-state index contributed by atoms with van der Waals surface area (Å²) in [5.74, 6) is 1.53. The zero-order valence-electron chi connectivity index (χ0n) is 14.0. The third-order valence-corrected chi connectivity index (χ3v) is 4.61. The van der Waals surface area contributed by atoms with Crippen molar-refractivity contribution >= 4 is 5.91 Å². The number of benzene rings is 2. The third-order valence-electron chi connectivity index (χ3n) is 4.61. The maximum atomic E-state index is 12.8. The van der Waals surface area contributed by atoms with E-state index in [1.807, 2.05) is 53.4 Å². The Morgan fingerprint density at radius 2 is 1.80 bits per heavy atom. The van der Waals surface area contributed by atoms with E-state index in [4.69, 9.17) is 4.42 Å². The van der Waals surface area contributed by atoms with E-state index in [2.05, 4.69) is 17.1 Å². The molecule has 0 bridgehead atoms. The van der Waals surface area contributed by atoms with Crippen LogP contribution in [0.3, 0.4) is 0 Å². The van der Waals surface area contributed by atoms with Crippen molar-refractivity contribution < 1.29 is 9.21 Å². The quantitative estimate of drug-likeness (QED) is 0.718. The molecule has 0 saturated carbocycles. The number of hydrogen-bond acceptors (Lipinski definition) is 3. The Hall–Kier alpha value is -2.88. The summed E-state index contributed by atoms with van der Waals surface area (Å²) in [6.07, 6.45) is 4.36. The normalized spacial score (nSPS) is 17.0. The summed E-state index contributed by atoms with van der Waals surface area (Å²) in [5, 5.41) is 0. The lowest BCUT2D eigenvalue weighted by molar-refractivity contribution is 0.0714. The molecule has 1 atom stereocenters. The smallest absolute Gasteiger partial charge is 0.254 e. The number of amides is 1. The first-order valence-electron chi connectivity index (χ1n) is 8.66. The van der Waals surface area contributed by atoms with Gasteiger partial charge < -0.3 is 9.32 Å². The fourth-order valence-corrected chi connectivity index (χ4v) is 3.37. The van der Waals surface area contributed by atoms with Crippen molar-refractivity contribution in [2.75, 3.05) is 6.54 Å².